The Morgan fingerprint density at radius 2 is 1.63 bits per heavy atom. The second-order valence-electron chi connectivity index (χ2n) is 7.50. The van der Waals surface area contributed by atoms with Crippen molar-refractivity contribution < 1.29 is 14.3 Å². The van der Waals surface area contributed by atoms with Gasteiger partial charge in [-0.2, -0.15) is 0 Å². The molecule has 30 heavy (non-hydrogen) atoms. The monoisotopic (exact) mass is 411 g/mol. The maximum absolute atomic E-state index is 12.4. The number of amides is 2. The van der Waals surface area contributed by atoms with Crippen molar-refractivity contribution in [2.75, 3.05) is 62.8 Å². The Morgan fingerprint density at radius 1 is 1.00 bits per heavy atom. The molecule has 0 spiro atoms. The van der Waals surface area contributed by atoms with Crippen molar-refractivity contribution in [2.24, 2.45) is 0 Å². The van der Waals surface area contributed by atoms with Crippen LogP contribution in [-0.4, -0.2) is 73.5 Å². The number of nitrogens with zero attached hydrogens (tertiary/aromatic N) is 4. The standard InChI is InChI=1S/C22H29N5O3/c1-3-19-16(2)21(26-8-12-29-13-9-26)25-20(24-19)17-4-6-18(7-5-17)23-22(28)27-10-14-30-15-11-27/h4-7H,3,8-15H2,1-2H3,(H,23,28). The molecule has 2 aliphatic rings. The number of morpholine rings is 2. The van der Waals surface area contributed by atoms with Gasteiger partial charge in [-0.3, -0.25) is 0 Å². The van der Waals surface area contributed by atoms with Gasteiger partial charge in [0, 0.05) is 48.7 Å². The number of anilines is 2. The summed E-state index contributed by atoms with van der Waals surface area (Å²) in [5, 5.41) is 2.95. The zero-order valence-corrected chi connectivity index (χ0v) is 17.7. The molecule has 0 saturated carbocycles. The lowest BCUT2D eigenvalue weighted by molar-refractivity contribution is 0.0564. The van der Waals surface area contributed by atoms with Gasteiger partial charge >= 0.3 is 6.03 Å². The van der Waals surface area contributed by atoms with Crippen LogP contribution in [0.25, 0.3) is 11.4 Å². The first-order valence-corrected chi connectivity index (χ1v) is 10.6. The van der Waals surface area contributed by atoms with Gasteiger partial charge in [0.05, 0.1) is 26.4 Å². The van der Waals surface area contributed by atoms with Crippen LogP contribution in [0.5, 0.6) is 0 Å². The van der Waals surface area contributed by atoms with E-state index < -0.39 is 0 Å². The summed E-state index contributed by atoms with van der Waals surface area (Å²) in [6.45, 7) is 9.74. The number of carbonyl (C=O) groups is 1. The van der Waals surface area contributed by atoms with E-state index in [1.807, 2.05) is 24.3 Å². The third-order valence-corrected chi connectivity index (χ3v) is 5.56. The minimum Gasteiger partial charge on any atom is -0.378 e. The molecule has 2 fully saturated rings. The Labute approximate surface area is 177 Å². The van der Waals surface area contributed by atoms with Gasteiger partial charge in [0.2, 0.25) is 0 Å². The maximum atomic E-state index is 12.4. The van der Waals surface area contributed by atoms with E-state index in [4.69, 9.17) is 19.4 Å². The van der Waals surface area contributed by atoms with Crippen LogP contribution in [-0.2, 0) is 15.9 Å². The lowest BCUT2D eigenvalue weighted by Gasteiger charge is -2.29. The van der Waals surface area contributed by atoms with Crippen molar-refractivity contribution in [2.45, 2.75) is 20.3 Å². The van der Waals surface area contributed by atoms with Gasteiger partial charge in [-0.15, -0.1) is 0 Å². The number of ether oxygens (including phenoxy) is 2. The normalized spacial score (nSPS) is 17.1. The highest BCUT2D eigenvalue weighted by Gasteiger charge is 2.20. The fourth-order valence-electron chi connectivity index (χ4n) is 3.78. The summed E-state index contributed by atoms with van der Waals surface area (Å²) in [5.41, 5.74) is 3.89. The molecule has 8 heteroatoms. The molecule has 160 valence electrons. The highest BCUT2D eigenvalue weighted by atomic mass is 16.5. The van der Waals surface area contributed by atoms with Crippen LogP contribution >= 0.6 is 0 Å². The molecule has 0 bridgehead atoms. The predicted octanol–water partition coefficient (Wildman–Crippen LogP) is 2.72. The average Bonchev–Trinajstić information content (AvgIpc) is 2.81. The molecule has 0 atom stereocenters. The number of hydrogen-bond acceptors (Lipinski definition) is 6. The van der Waals surface area contributed by atoms with E-state index in [-0.39, 0.29) is 6.03 Å². The Balaban J connectivity index is 1.53. The largest absolute Gasteiger partial charge is 0.378 e. The molecular weight excluding hydrogens is 382 g/mol. The zero-order chi connectivity index (χ0) is 20.9. The van der Waals surface area contributed by atoms with Crippen molar-refractivity contribution in [3.63, 3.8) is 0 Å². The number of rotatable bonds is 4. The number of benzene rings is 1. The molecule has 1 N–H and O–H groups in total. The molecule has 8 nitrogen and oxygen atoms in total. The Kier molecular flexibility index (Phi) is 6.44. The summed E-state index contributed by atoms with van der Waals surface area (Å²) in [4.78, 5) is 26.1. The maximum Gasteiger partial charge on any atom is 0.321 e. The van der Waals surface area contributed by atoms with Gasteiger partial charge in [0.25, 0.3) is 0 Å². The molecule has 4 rings (SSSR count). The van der Waals surface area contributed by atoms with Crippen LogP contribution in [0.15, 0.2) is 24.3 Å². The van der Waals surface area contributed by atoms with Crippen LogP contribution in [0.1, 0.15) is 18.2 Å². The highest BCUT2D eigenvalue weighted by Crippen LogP contribution is 2.26. The van der Waals surface area contributed by atoms with E-state index in [9.17, 15) is 4.79 Å². The molecular formula is C22H29N5O3. The molecule has 2 aromatic rings. The summed E-state index contributed by atoms with van der Waals surface area (Å²) in [6, 6.07) is 7.62. The quantitative estimate of drug-likeness (QED) is 0.833. The second-order valence-corrected chi connectivity index (χ2v) is 7.50. The molecule has 0 aliphatic carbocycles. The summed E-state index contributed by atoms with van der Waals surface area (Å²) in [7, 11) is 0. The number of urea groups is 1. The van der Waals surface area contributed by atoms with E-state index in [1.165, 1.54) is 0 Å². The van der Waals surface area contributed by atoms with Crippen molar-refractivity contribution in [1.29, 1.82) is 0 Å². The SMILES string of the molecule is CCc1nc(-c2ccc(NC(=O)N3CCOCC3)cc2)nc(N2CCOCC2)c1C. The van der Waals surface area contributed by atoms with Crippen LogP contribution in [0.3, 0.4) is 0 Å². The minimum absolute atomic E-state index is 0.0968. The third-order valence-electron chi connectivity index (χ3n) is 5.56. The van der Waals surface area contributed by atoms with Crippen LogP contribution in [0.4, 0.5) is 16.3 Å². The summed E-state index contributed by atoms with van der Waals surface area (Å²) in [6.07, 6.45) is 0.854. The first-order chi connectivity index (χ1) is 14.7. The Hall–Kier alpha value is -2.71. The number of nitrogens with one attached hydrogen (secondary N) is 1. The van der Waals surface area contributed by atoms with Gasteiger partial charge in [0.1, 0.15) is 5.82 Å². The van der Waals surface area contributed by atoms with E-state index in [0.717, 1.165) is 61.1 Å². The molecule has 1 aromatic carbocycles. The molecule has 2 aliphatic heterocycles. The number of hydrogen-bond donors (Lipinski definition) is 1. The van der Waals surface area contributed by atoms with Crippen LogP contribution < -0.4 is 10.2 Å². The van der Waals surface area contributed by atoms with Crippen molar-refractivity contribution >= 4 is 17.5 Å². The smallest absolute Gasteiger partial charge is 0.321 e. The fraction of sp³-hybridized carbons (Fsp3) is 0.500. The topological polar surface area (TPSA) is 79.8 Å². The summed E-state index contributed by atoms with van der Waals surface area (Å²) < 4.78 is 10.8. The number of aromatic nitrogens is 2. The summed E-state index contributed by atoms with van der Waals surface area (Å²) >= 11 is 0. The molecule has 0 unspecified atom stereocenters. The third kappa shape index (κ3) is 4.55. The van der Waals surface area contributed by atoms with E-state index >= 15 is 0 Å². The van der Waals surface area contributed by atoms with Crippen molar-refractivity contribution in [3.8, 4) is 11.4 Å². The lowest BCUT2D eigenvalue weighted by Crippen LogP contribution is -2.43. The minimum atomic E-state index is -0.0968. The lowest BCUT2D eigenvalue weighted by atomic mass is 10.1. The van der Waals surface area contributed by atoms with E-state index in [2.05, 4.69) is 24.1 Å². The van der Waals surface area contributed by atoms with E-state index in [1.54, 1.807) is 4.90 Å². The number of aryl methyl sites for hydroxylation is 1. The predicted molar refractivity (Wildman–Crippen MR) is 116 cm³/mol. The van der Waals surface area contributed by atoms with Gasteiger partial charge in [-0.1, -0.05) is 6.92 Å². The first-order valence-electron chi connectivity index (χ1n) is 10.6. The molecule has 0 radical (unpaired) electrons. The van der Waals surface area contributed by atoms with Gasteiger partial charge in [-0.25, -0.2) is 14.8 Å². The Bertz CT molecular complexity index is 875. The molecule has 1 aromatic heterocycles. The summed E-state index contributed by atoms with van der Waals surface area (Å²) in [5.74, 6) is 1.70. The van der Waals surface area contributed by atoms with Gasteiger partial charge in [-0.05, 0) is 37.6 Å². The van der Waals surface area contributed by atoms with Crippen LogP contribution in [0, 0.1) is 6.92 Å². The van der Waals surface area contributed by atoms with Crippen molar-refractivity contribution in [3.05, 3.63) is 35.5 Å². The molecule has 2 saturated heterocycles. The fourth-order valence-corrected chi connectivity index (χ4v) is 3.78. The number of carbonyl (C=O) groups excluding carboxylic acids is 1. The van der Waals surface area contributed by atoms with E-state index in [0.29, 0.717) is 32.1 Å². The average molecular weight is 412 g/mol. The van der Waals surface area contributed by atoms with Crippen LogP contribution in [0.2, 0.25) is 0 Å². The van der Waals surface area contributed by atoms with Crippen molar-refractivity contribution in [1.82, 2.24) is 14.9 Å². The molecule has 2 amide bonds. The van der Waals surface area contributed by atoms with Gasteiger partial charge < -0.3 is 24.6 Å². The highest BCUT2D eigenvalue weighted by molar-refractivity contribution is 5.89. The first kappa shape index (κ1) is 20.6. The Morgan fingerprint density at radius 3 is 2.27 bits per heavy atom. The molecule has 3 heterocycles. The van der Waals surface area contributed by atoms with Gasteiger partial charge in [0.15, 0.2) is 5.82 Å². The second kappa shape index (κ2) is 9.40. The zero-order valence-electron chi connectivity index (χ0n) is 17.7.